The number of carboxylic acids is 1. The predicted octanol–water partition coefficient (Wildman–Crippen LogP) is 3.88. The fourth-order valence-corrected chi connectivity index (χ4v) is 2.59. The molecule has 0 bridgehead atoms. The minimum atomic E-state index is -0.801. The molecule has 1 unspecified atom stereocenters. The van der Waals surface area contributed by atoms with Crippen LogP contribution in [0.1, 0.15) is 24.8 Å². The second kappa shape index (κ2) is 5.93. The standard InChI is InChI=1S/C18H16N2O2/c1-12(8-17(21)22)14-9-15(11-19-10-14)16-6-2-4-13-5-3-7-20-18(13)16/h2-7,9-12H,8H2,1H3,(H,21,22). The number of aliphatic carboxylic acids is 1. The Hall–Kier alpha value is -2.75. The highest BCUT2D eigenvalue weighted by atomic mass is 16.4. The lowest BCUT2D eigenvalue weighted by atomic mass is 9.96. The Labute approximate surface area is 128 Å². The monoisotopic (exact) mass is 292 g/mol. The van der Waals surface area contributed by atoms with Crippen LogP contribution in [0.2, 0.25) is 0 Å². The van der Waals surface area contributed by atoms with E-state index in [1.807, 2.05) is 43.3 Å². The van der Waals surface area contributed by atoms with Crippen molar-refractivity contribution < 1.29 is 9.90 Å². The summed E-state index contributed by atoms with van der Waals surface area (Å²) < 4.78 is 0. The number of aromatic nitrogens is 2. The minimum absolute atomic E-state index is 0.0760. The highest BCUT2D eigenvalue weighted by Gasteiger charge is 2.12. The van der Waals surface area contributed by atoms with Crippen molar-refractivity contribution in [3.8, 4) is 11.1 Å². The average molecular weight is 292 g/mol. The van der Waals surface area contributed by atoms with Gasteiger partial charge in [0.05, 0.1) is 11.9 Å². The number of hydrogen-bond donors (Lipinski definition) is 1. The van der Waals surface area contributed by atoms with Crippen LogP contribution in [0.15, 0.2) is 55.0 Å². The van der Waals surface area contributed by atoms with Gasteiger partial charge in [0.25, 0.3) is 0 Å². The molecule has 22 heavy (non-hydrogen) atoms. The molecule has 4 nitrogen and oxygen atoms in total. The van der Waals surface area contributed by atoms with Crippen LogP contribution in [0.4, 0.5) is 0 Å². The fourth-order valence-electron chi connectivity index (χ4n) is 2.59. The van der Waals surface area contributed by atoms with Gasteiger partial charge in [0.15, 0.2) is 0 Å². The van der Waals surface area contributed by atoms with E-state index < -0.39 is 5.97 Å². The van der Waals surface area contributed by atoms with Gasteiger partial charge < -0.3 is 5.11 Å². The molecule has 0 amide bonds. The third kappa shape index (κ3) is 2.81. The summed E-state index contributed by atoms with van der Waals surface area (Å²) in [6, 6.07) is 12.0. The van der Waals surface area contributed by atoms with Gasteiger partial charge in [0.2, 0.25) is 0 Å². The number of benzene rings is 1. The van der Waals surface area contributed by atoms with Crippen LogP contribution < -0.4 is 0 Å². The lowest BCUT2D eigenvalue weighted by Gasteiger charge is -2.11. The molecule has 0 fully saturated rings. The lowest BCUT2D eigenvalue weighted by Crippen LogP contribution is -2.03. The lowest BCUT2D eigenvalue weighted by molar-refractivity contribution is -0.137. The molecule has 2 heterocycles. The molecule has 1 N–H and O–H groups in total. The fraction of sp³-hybridized carbons (Fsp3) is 0.167. The van der Waals surface area contributed by atoms with E-state index in [2.05, 4.69) is 9.97 Å². The van der Waals surface area contributed by atoms with Crippen LogP contribution in [0, 0.1) is 0 Å². The van der Waals surface area contributed by atoms with Crippen molar-refractivity contribution in [2.75, 3.05) is 0 Å². The maximum Gasteiger partial charge on any atom is 0.303 e. The number of pyridine rings is 2. The van der Waals surface area contributed by atoms with Gasteiger partial charge >= 0.3 is 5.97 Å². The van der Waals surface area contributed by atoms with Crippen molar-refractivity contribution in [1.82, 2.24) is 9.97 Å². The number of fused-ring (bicyclic) bond motifs is 1. The van der Waals surface area contributed by atoms with Gasteiger partial charge in [-0.1, -0.05) is 31.2 Å². The average Bonchev–Trinajstić information content (AvgIpc) is 2.54. The first-order valence-electron chi connectivity index (χ1n) is 7.16. The molecule has 0 spiro atoms. The molecule has 0 saturated carbocycles. The first-order valence-corrected chi connectivity index (χ1v) is 7.16. The molecule has 3 rings (SSSR count). The van der Waals surface area contributed by atoms with E-state index in [-0.39, 0.29) is 12.3 Å². The number of hydrogen-bond acceptors (Lipinski definition) is 3. The van der Waals surface area contributed by atoms with Gasteiger partial charge in [0, 0.05) is 35.1 Å². The van der Waals surface area contributed by atoms with E-state index in [9.17, 15) is 4.79 Å². The van der Waals surface area contributed by atoms with Crippen LogP contribution >= 0.6 is 0 Å². The second-order valence-electron chi connectivity index (χ2n) is 5.39. The van der Waals surface area contributed by atoms with Gasteiger partial charge in [-0.3, -0.25) is 14.8 Å². The Kier molecular flexibility index (Phi) is 3.83. The molecule has 0 saturated heterocycles. The molecule has 2 aromatic heterocycles. The molecule has 0 aliphatic rings. The maximum atomic E-state index is 10.9. The quantitative estimate of drug-likeness (QED) is 0.792. The van der Waals surface area contributed by atoms with Crippen molar-refractivity contribution in [3.05, 3.63) is 60.6 Å². The highest BCUT2D eigenvalue weighted by Crippen LogP contribution is 2.29. The third-order valence-electron chi connectivity index (χ3n) is 3.75. The van der Waals surface area contributed by atoms with Crippen LogP contribution in [-0.2, 0) is 4.79 Å². The van der Waals surface area contributed by atoms with Gasteiger partial charge in [-0.2, -0.15) is 0 Å². The molecular formula is C18H16N2O2. The molecule has 0 aliphatic carbocycles. The van der Waals surface area contributed by atoms with Gasteiger partial charge in [-0.15, -0.1) is 0 Å². The number of carbonyl (C=O) groups is 1. The minimum Gasteiger partial charge on any atom is -0.481 e. The normalized spacial score (nSPS) is 12.2. The molecule has 1 atom stereocenters. The molecule has 3 aromatic rings. The van der Waals surface area contributed by atoms with Crippen molar-refractivity contribution in [2.45, 2.75) is 19.3 Å². The Balaban J connectivity index is 2.06. The summed E-state index contributed by atoms with van der Waals surface area (Å²) in [6.45, 7) is 1.90. The van der Waals surface area contributed by atoms with Crippen LogP contribution in [0.5, 0.6) is 0 Å². The summed E-state index contributed by atoms with van der Waals surface area (Å²) in [7, 11) is 0. The molecule has 0 radical (unpaired) electrons. The van der Waals surface area contributed by atoms with Gasteiger partial charge in [-0.05, 0) is 23.6 Å². The molecule has 1 aromatic carbocycles. The van der Waals surface area contributed by atoms with E-state index in [4.69, 9.17) is 5.11 Å². The number of carboxylic acid groups (broad SMARTS) is 1. The number of para-hydroxylation sites is 1. The summed E-state index contributed by atoms with van der Waals surface area (Å²) >= 11 is 0. The van der Waals surface area contributed by atoms with Crippen molar-refractivity contribution in [1.29, 1.82) is 0 Å². The van der Waals surface area contributed by atoms with Crippen molar-refractivity contribution in [2.24, 2.45) is 0 Å². The summed E-state index contributed by atoms with van der Waals surface area (Å²) in [5, 5.41) is 10.0. The largest absolute Gasteiger partial charge is 0.481 e. The Bertz CT molecular complexity index is 825. The first kappa shape index (κ1) is 14.2. The molecule has 4 heteroatoms. The van der Waals surface area contributed by atoms with Crippen LogP contribution in [-0.4, -0.2) is 21.0 Å². The Morgan fingerprint density at radius 1 is 1.23 bits per heavy atom. The smallest absolute Gasteiger partial charge is 0.303 e. The summed E-state index contributed by atoms with van der Waals surface area (Å²) in [4.78, 5) is 19.6. The number of rotatable bonds is 4. The second-order valence-corrected chi connectivity index (χ2v) is 5.39. The zero-order chi connectivity index (χ0) is 15.5. The van der Waals surface area contributed by atoms with Gasteiger partial charge in [-0.25, -0.2) is 0 Å². The zero-order valence-corrected chi connectivity index (χ0v) is 12.2. The Morgan fingerprint density at radius 3 is 2.86 bits per heavy atom. The molecule has 0 aliphatic heterocycles. The highest BCUT2D eigenvalue weighted by molar-refractivity contribution is 5.93. The first-order chi connectivity index (χ1) is 10.6. The van der Waals surface area contributed by atoms with Gasteiger partial charge in [0.1, 0.15) is 0 Å². The van der Waals surface area contributed by atoms with Crippen LogP contribution in [0.3, 0.4) is 0 Å². The summed E-state index contributed by atoms with van der Waals surface area (Å²) in [6.07, 6.45) is 5.39. The maximum absolute atomic E-state index is 10.9. The van der Waals surface area contributed by atoms with E-state index in [1.165, 1.54) is 0 Å². The zero-order valence-electron chi connectivity index (χ0n) is 12.2. The molecular weight excluding hydrogens is 276 g/mol. The summed E-state index contributed by atoms with van der Waals surface area (Å²) in [5.74, 6) is -0.877. The van der Waals surface area contributed by atoms with E-state index in [0.717, 1.165) is 27.6 Å². The SMILES string of the molecule is CC(CC(=O)O)c1cncc(-c2cccc3cccnc23)c1. The Morgan fingerprint density at radius 2 is 2.05 bits per heavy atom. The number of nitrogens with zero attached hydrogens (tertiary/aromatic N) is 2. The molecule has 110 valence electrons. The topological polar surface area (TPSA) is 63.1 Å². The van der Waals surface area contributed by atoms with Crippen molar-refractivity contribution in [3.63, 3.8) is 0 Å². The third-order valence-corrected chi connectivity index (χ3v) is 3.75. The van der Waals surface area contributed by atoms with Crippen molar-refractivity contribution >= 4 is 16.9 Å². The van der Waals surface area contributed by atoms with E-state index in [0.29, 0.717) is 0 Å². The van der Waals surface area contributed by atoms with E-state index >= 15 is 0 Å². The van der Waals surface area contributed by atoms with Crippen LogP contribution in [0.25, 0.3) is 22.0 Å². The van der Waals surface area contributed by atoms with E-state index in [1.54, 1.807) is 18.6 Å². The predicted molar refractivity (Wildman–Crippen MR) is 85.6 cm³/mol. The summed E-state index contributed by atoms with van der Waals surface area (Å²) in [5.41, 5.74) is 3.82.